The van der Waals surface area contributed by atoms with Crippen molar-refractivity contribution in [3.05, 3.63) is 29.3 Å². The van der Waals surface area contributed by atoms with E-state index in [0.29, 0.717) is 6.42 Å². The summed E-state index contributed by atoms with van der Waals surface area (Å²) in [4.78, 5) is 0. The largest absolute Gasteiger partial charge is 0.494 e. The Hall–Kier alpha value is -0.870. The van der Waals surface area contributed by atoms with Gasteiger partial charge >= 0.3 is 0 Å². The van der Waals surface area contributed by atoms with Gasteiger partial charge in [-0.2, -0.15) is 0 Å². The first-order chi connectivity index (χ1) is 6.61. The molecule has 1 rings (SSSR count). The highest BCUT2D eigenvalue weighted by molar-refractivity contribution is 5.85. The summed E-state index contributed by atoms with van der Waals surface area (Å²) in [5.74, 6) is -1.31. The molecule has 0 saturated heterocycles. The van der Waals surface area contributed by atoms with Crippen LogP contribution in [0, 0.1) is 11.6 Å². The number of rotatable bonds is 3. The summed E-state index contributed by atoms with van der Waals surface area (Å²) >= 11 is 0. The van der Waals surface area contributed by atoms with Crippen LogP contribution in [-0.2, 0) is 0 Å². The standard InChI is InChI=1S/C10H13F2NO.ClH/c1-3-7(13)9-6(11)4-5-8(14-2)10(9)12;/h4-5,7H,3,13H2,1-2H3;1H/t7-;/m0./s1. The Bertz CT molecular complexity index is 333. The minimum Gasteiger partial charge on any atom is -0.494 e. The summed E-state index contributed by atoms with van der Waals surface area (Å²) in [7, 11) is 1.33. The van der Waals surface area contributed by atoms with Crippen molar-refractivity contribution in [1.82, 2.24) is 0 Å². The number of methoxy groups -OCH3 is 1. The van der Waals surface area contributed by atoms with Gasteiger partial charge in [-0.1, -0.05) is 6.92 Å². The summed E-state index contributed by atoms with van der Waals surface area (Å²) in [6.45, 7) is 1.77. The molecular formula is C10H14ClF2NO. The van der Waals surface area contributed by atoms with Gasteiger partial charge in [0.25, 0.3) is 0 Å². The summed E-state index contributed by atoms with van der Waals surface area (Å²) in [5, 5.41) is 0. The summed E-state index contributed by atoms with van der Waals surface area (Å²) in [6, 6.07) is 1.77. The molecule has 86 valence electrons. The van der Waals surface area contributed by atoms with Gasteiger partial charge in [0.05, 0.1) is 7.11 Å². The van der Waals surface area contributed by atoms with E-state index in [4.69, 9.17) is 10.5 Å². The van der Waals surface area contributed by atoms with E-state index in [-0.39, 0.29) is 23.7 Å². The minimum absolute atomic E-state index is 0. The topological polar surface area (TPSA) is 35.2 Å². The molecule has 0 radical (unpaired) electrons. The Morgan fingerprint density at radius 1 is 1.40 bits per heavy atom. The fraction of sp³-hybridized carbons (Fsp3) is 0.400. The fourth-order valence-electron chi connectivity index (χ4n) is 1.25. The summed E-state index contributed by atoms with van der Waals surface area (Å²) in [6.07, 6.45) is 0.473. The highest BCUT2D eigenvalue weighted by Gasteiger charge is 2.18. The predicted molar refractivity (Wildman–Crippen MR) is 57.4 cm³/mol. The van der Waals surface area contributed by atoms with Crippen LogP contribution in [0.25, 0.3) is 0 Å². The number of ether oxygens (including phenoxy) is 1. The number of benzene rings is 1. The summed E-state index contributed by atoms with van der Waals surface area (Å²) < 4.78 is 31.5. The zero-order chi connectivity index (χ0) is 10.7. The van der Waals surface area contributed by atoms with Crippen LogP contribution in [0.2, 0.25) is 0 Å². The molecule has 5 heteroatoms. The smallest absolute Gasteiger partial charge is 0.172 e. The maximum atomic E-state index is 13.5. The molecule has 0 fully saturated rings. The number of hydrogen-bond donors (Lipinski definition) is 1. The molecule has 0 bridgehead atoms. The quantitative estimate of drug-likeness (QED) is 0.878. The molecular weight excluding hydrogens is 224 g/mol. The monoisotopic (exact) mass is 237 g/mol. The molecule has 0 aliphatic heterocycles. The lowest BCUT2D eigenvalue weighted by molar-refractivity contribution is 0.377. The lowest BCUT2D eigenvalue weighted by Gasteiger charge is -2.13. The normalized spacial score (nSPS) is 11.8. The molecule has 0 unspecified atom stereocenters. The fourth-order valence-corrected chi connectivity index (χ4v) is 1.25. The number of halogens is 3. The first kappa shape index (κ1) is 14.1. The first-order valence-electron chi connectivity index (χ1n) is 4.39. The molecule has 0 saturated carbocycles. The minimum atomic E-state index is -0.707. The maximum absolute atomic E-state index is 13.5. The lowest BCUT2D eigenvalue weighted by Crippen LogP contribution is -2.13. The average molecular weight is 238 g/mol. The van der Waals surface area contributed by atoms with Gasteiger partial charge < -0.3 is 10.5 Å². The van der Waals surface area contributed by atoms with Crippen molar-refractivity contribution in [1.29, 1.82) is 0 Å². The number of hydrogen-bond acceptors (Lipinski definition) is 2. The van der Waals surface area contributed by atoms with Gasteiger partial charge in [0.2, 0.25) is 0 Å². The highest BCUT2D eigenvalue weighted by atomic mass is 35.5. The van der Waals surface area contributed by atoms with Gasteiger partial charge in [-0.05, 0) is 18.6 Å². The van der Waals surface area contributed by atoms with E-state index in [1.54, 1.807) is 6.92 Å². The molecule has 2 N–H and O–H groups in total. The Morgan fingerprint density at radius 2 is 2.00 bits per heavy atom. The Labute approximate surface area is 93.8 Å². The maximum Gasteiger partial charge on any atom is 0.172 e. The van der Waals surface area contributed by atoms with Crippen LogP contribution in [0.1, 0.15) is 24.9 Å². The van der Waals surface area contributed by atoms with E-state index >= 15 is 0 Å². The van der Waals surface area contributed by atoms with Crippen LogP contribution in [0.5, 0.6) is 5.75 Å². The average Bonchev–Trinajstić information content (AvgIpc) is 2.18. The molecule has 15 heavy (non-hydrogen) atoms. The molecule has 2 nitrogen and oxygen atoms in total. The zero-order valence-corrected chi connectivity index (χ0v) is 9.41. The summed E-state index contributed by atoms with van der Waals surface area (Å²) in [5.41, 5.74) is 5.48. The van der Waals surface area contributed by atoms with E-state index in [9.17, 15) is 8.78 Å². The first-order valence-corrected chi connectivity index (χ1v) is 4.39. The van der Waals surface area contributed by atoms with E-state index < -0.39 is 17.7 Å². The Balaban J connectivity index is 0.00000196. The predicted octanol–water partition coefficient (Wildman–Crippen LogP) is 2.81. The van der Waals surface area contributed by atoms with Gasteiger partial charge in [0, 0.05) is 11.6 Å². The van der Waals surface area contributed by atoms with Crippen LogP contribution in [0.3, 0.4) is 0 Å². The Morgan fingerprint density at radius 3 is 2.47 bits per heavy atom. The van der Waals surface area contributed by atoms with Crippen molar-refractivity contribution in [3.63, 3.8) is 0 Å². The molecule has 0 aliphatic carbocycles. The van der Waals surface area contributed by atoms with Gasteiger partial charge in [-0.25, -0.2) is 8.78 Å². The zero-order valence-electron chi connectivity index (χ0n) is 8.59. The second-order valence-electron chi connectivity index (χ2n) is 2.99. The number of nitrogens with two attached hydrogens (primary N) is 1. The molecule has 1 aromatic rings. The molecule has 0 amide bonds. The van der Waals surface area contributed by atoms with E-state index in [1.807, 2.05) is 0 Å². The van der Waals surface area contributed by atoms with Crippen LogP contribution in [0.15, 0.2) is 12.1 Å². The van der Waals surface area contributed by atoms with Gasteiger partial charge in [-0.15, -0.1) is 12.4 Å². The van der Waals surface area contributed by atoms with E-state index in [2.05, 4.69) is 0 Å². The van der Waals surface area contributed by atoms with Crippen LogP contribution in [0.4, 0.5) is 8.78 Å². The van der Waals surface area contributed by atoms with Gasteiger partial charge in [0.1, 0.15) is 5.82 Å². The van der Waals surface area contributed by atoms with Crippen molar-refractivity contribution < 1.29 is 13.5 Å². The van der Waals surface area contributed by atoms with Gasteiger partial charge in [0.15, 0.2) is 11.6 Å². The van der Waals surface area contributed by atoms with Crippen LogP contribution < -0.4 is 10.5 Å². The van der Waals surface area contributed by atoms with Crippen molar-refractivity contribution in [2.45, 2.75) is 19.4 Å². The third-order valence-corrected chi connectivity index (χ3v) is 2.12. The van der Waals surface area contributed by atoms with Crippen molar-refractivity contribution in [2.24, 2.45) is 5.73 Å². The van der Waals surface area contributed by atoms with Crippen LogP contribution >= 0.6 is 12.4 Å². The third-order valence-electron chi connectivity index (χ3n) is 2.12. The SMILES string of the molecule is CC[C@H](N)c1c(F)ccc(OC)c1F.Cl. The van der Waals surface area contributed by atoms with Crippen molar-refractivity contribution in [2.75, 3.05) is 7.11 Å². The van der Waals surface area contributed by atoms with Crippen molar-refractivity contribution in [3.8, 4) is 5.75 Å². The molecule has 1 atom stereocenters. The third kappa shape index (κ3) is 2.79. The van der Waals surface area contributed by atoms with E-state index in [0.717, 1.165) is 6.07 Å². The molecule has 0 heterocycles. The Kier molecular flexibility index (Phi) is 5.54. The second kappa shape index (κ2) is 5.88. The second-order valence-corrected chi connectivity index (χ2v) is 2.99. The molecule has 0 aliphatic rings. The van der Waals surface area contributed by atoms with Crippen molar-refractivity contribution >= 4 is 12.4 Å². The van der Waals surface area contributed by atoms with Gasteiger partial charge in [-0.3, -0.25) is 0 Å². The molecule has 0 spiro atoms. The lowest BCUT2D eigenvalue weighted by atomic mass is 10.0. The highest BCUT2D eigenvalue weighted by Crippen LogP contribution is 2.27. The molecule has 0 aromatic heterocycles. The molecule has 1 aromatic carbocycles. The van der Waals surface area contributed by atoms with Crippen LogP contribution in [-0.4, -0.2) is 7.11 Å². The van der Waals surface area contributed by atoms with E-state index in [1.165, 1.54) is 13.2 Å².